The van der Waals surface area contributed by atoms with Gasteiger partial charge in [-0.1, -0.05) is 30.3 Å². The Kier molecular flexibility index (Phi) is 4.75. The minimum Gasteiger partial charge on any atom is -0.312 e. The smallest absolute Gasteiger partial charge is 0.0446 e. The summed E-state index contributed by atoms with van der Waals surface area (Å²) in [6.45, 7) is 3.51. The van der Waals surface area contributed by atoms with E-state index in [-0.39, 0.29) is 0 Å². The molecule has 0 spiro atoms. The van der Waals surface area contributed by atoms with Crippen LogP contribution in [0.5, 0.6) is 0 Å². The highest BCUT2D eigenvalue weighted by atomic mass is 15.2. The van der Waals surface area contributed by atoms with Crippen LogP contribution in [0.2, 0.25) is 0 Å². The topological polar surface area (TPSA) is 18.5 Å². The number of rotatable bonds is 5. The Bertz CT molecular complexity index is 350. The second-order valence-corrected chi connectivity index (χ2v) is 5.42. The Hall–Kier alpha value is -0.900. The van der Waals surface area contributed by atoms with Gasteiger partial charge in [-0.3, -0.25) is 4.90 Å². The zero-order chi connectivity index (χ0) is 13.0. The van der Waals surface area contributed by atoms with Gasteiger partial charge in [0.05, 0.1) is 0 Å². The van der Waals surface area contributed by atoms with E-state index in [1.54, 1.807) is 0 Å². The molecule has 0 saturated carbocycles. The first-order valence-electron chi connectivity index (χ1n) is 6.81. The Morgan fingerprint density at radius 1 is 1.33 bits per heavy atom. The third kappa shape index (κ3) is 3.31. The summed E-state index contributed by atoms with van der Waals surface area (Å²) in [5.41, 5.74) is 1.38. The fraction of sp³-hybridized carbons (Fsp3) is 0.600. The summed E-state index contributed by atoms with van der Waals surface area (Å²) in [7, 11) is 6.42. The van der Waals surface area contributed by atoms with Crippen molar-refractivity contribution in [3.8, 4) is 0 Å². The average molecular weight is 247 g/mol. The molecule has 18 heavy (non-hydrogen) atoms. The summed E-state index contributed by atoms with van der Waals surface area (Å²) < 4.78 is 0. The zero-order valence-electron chi connectivity index (χ0n) is 11.8. The number of likely N-dealkylation sites (N-methyl/N-ethyl adjacent to an activating group) is 2. The van der Waals surface area contributed by atoms with E-state index in [9.17, 15) is 0 Å². The van der Waals surface area contributed by atoms with Crippen LogP contribution < -0.4 is 5.32 Å². The Balaban J connectivity index is 1.92. The lowest BCUT2D eigenvalue weighted by Crippen LogP contribution is -2.35. The molecule has 3 heteroatoms. The summed E-state index contributed by atoms with van der Waals surface area (Å²) in [5, 5.41) is 3.43. The highest BCUT2D eigenvalue weighted by Gasteiger charge is 2.25. The van der Waals surface area contributed by atoms with E-state index < -0.39 is 0 Å². The predicted octanol–water partition coefficient (Wildman–Crippen LogP) is 1.58. The van der Waals surface area contributed by atoms with Gasteiger partial charge < -0.3 is 10.2 Å². The van der Waals surface area contributed by atoms with Crippen LogP contribution in [-0.2, 0) is 0 Å². The largest absolute Gasteiger partial charge is 0.312 e. The summed E-state index contributed by atoms with van der Waals surface area (Å²) in [4.78, 5) is 4.91. The quantitative estimate of drug-likeness (QED) is 0.852. The molecule has 0 bridgehead atoms. The minimum atomic E-state index is 0.437. The third-order valence-electron chi connectivity index (χ3n) is 3.97. The van der Waals surface area contributed by atoms with Gasteiger partial charge >= 0.3 is 0 Å². The summed E-state index contributed by atoms with van der Waals surface area (Å²) in [6, 6.07) is 11.9. The first-order chi connectivity index (χ1) is 8.70. The molecular formula is C15H25N3. The lowest BCUT2D eigenvalue weighted by Gasteiger charge is -2.25. The number of nitrogens with zero attached hydrogens (tertiary/aromatic N) is 2. The van der Waals surface area contributed by atoms with Crippen LogP contribution in [0.25, 0.3) is 0 Å². The van der Waals surface area contributed by atoms with Gasteiger partial charge in [-0.2, -0.15) is 0 Å². The zero-order valence-corrected chi connectivity index (χ0v) is 11.8. The van der Waals surface area contributed by atoms with E-state index >= 15 is 0 Å². The summed E-state index contributed by atoms with van der Waals surface area (Å²) in [6.07, 6.45) is 1.29. The monoisotopic (exact) mass is 247 g/mol. The van der Waals surface area contributed by atoms with Gasteiger partial charge in [0.25, 0.3) is 0 Å². The van der Waals surface area contributed by atoms with Crippen molar-refractivity contribution in [1.29, 1.82) is 0 Å². The van der Waals surface area contributed by atoms with E-state index in [0.717, 1.165) is 12.6 Å². The predicted molar refractivity (Wildman–Crippen MR) is 76.8 cm³/mol. The van der Waals surface area contributed by atoms with Crippen LogP contribution in [0.15, 0.2) is 30.3 Å². The number of hydrogen-bond acceptors (Lipinski definition) is 3. The number of nitrogens with one attached hydrogen (secondary N) is 1. The molecule has 1 aromatic carbocycles. The minimum absolute atomic E-state index is 0.437. The molecule has 2 atom stereocenters. The molecule has 0 aromatic heterocycles. The first-order valence-corrected chi connectivity index (χ1v) is 6.81. The first kappa shape index (κ1) is 13.5. The summed E-state index contributed by atoms with van der Waals surface area (Å²) in [5.74, 6) is 0. The van der Waals surface area contributed by atoms with Crippen LogP contribution >= 0.6 is 0 Å². The van der Waals surface area contributed by atoms with Gasteiger partial charge in [0.1, 0.15) is 0 Å². The maximum absolute atomic E-state index is 3.43. The second kappa shape index (κ2) is 6.32. The van der Waals surface area contributed by atoms with E-state index in [2.05, 4.69) is 66.6 Å². The van der Waals surface area contributed by atoms with Gasteiger partial charge in [0.15, 0.2) is 0 Å². The van der Waals surface area contributed by atoms with Gasteiger partial charge in [-0.15, -0.1) is 0 Å². The van der Waals surface area contributed by atoms with E-state index in [1.807, 2.05) is 0 Å². The van der Waals surface area contributed by atoms with Crippen molar-refractivity contribution in [2.45, 2.75) is 18.5 Å². The standard InChI is InChI=1S/C15H25N3/c1-16-15(13-7-5-4-6-8-13)12-18-10-9-14(11-18)17(2)3/h4-8,14-16H,9-12H2,1-3H3. The number of likely N-dealkylation sites (tertiary alicyclic amines) is 1. The van der Waals surface area contributed by atoms with Crippen molar-refractivity contribution < 1.29 is 0 Å². The molecule has 1 aromatic rings. The van der Waals surface area contributed by atoms with Crippen molar-refractivity contribution in [3.63, 3.8) is 0 Å². The lowest BCUT2D eigenvalue weighted by molar-refractivity contribution is 0.253. The molecule has 1 fully saturated rings. The highest BCUT2D eigenvalue weighted by molar-refractivity contribution is 5.19. The van der Waals surface area contributed by atoms with Gasteiger partial charge in [0, 0.05) is 25.2 Å². The van der Waals surface area contributed by atoms with Crippen LogP contribution in [0.3, 0.4) is 0 Å². The van der Waals surface area contributed by atoms with Crippen LogP contribution in [-0.4, -0.2) is 56.6 Å². The fourth-order valence-electron chi connectivity index (χ4n) is 2.71. The van der Waals surface area contributed by atoms with Crippen molar-refractivity contribution in [2.24, 2.45) is 0 Å². The molecular weight excluding hydrogens is 222 g/mol. The molecule has 3 nitrogen and oxygen atoms in total. The number of benzene rings is 1. The molecule has 1 aliphatic rings. The molecule has 0 radical (unpaired) electrons. The molecule has 2 rings (SSSR count). The Morgan fingerprint density at radius 2 is 2.06 bits per heavy atom. The molecule has 0 aliphatic carbocycles. The second-order valence-electron chi connectivity index (χ2n) is 5.42. The van der Waals surface area contributed by atoms with Crippen molar-refractivity contribution >= 4 is 0 Å². The SMILES string of the molecule is CNC(CN1CCC(N(C)C)C1)c1ccccc1. The molecule has 1 heterocycles. The maximum Gasteiger partial charge on any atom is 0.0446 e. The van der Waals surface area contributed by atoms with Gasteiger partial charge in [-0.25, -0.2) is 0 Å². The molecule has 2 unspecified atom stereocenters. The van der Waals surface area contributed by atoms with Crippen molar-refractivity contribution in [3.05, 3.63) is 35.9 Å². The molecule has 100 valence electrons. The average Bonchev–Trinajstić information content (AvgIpc) is 2.86. The van der Waals surface area contributed by atoms with E-state index in [0.29, 0.717) is 6.04 Å². The number of hydrogen-bond donors (Lipinski definition) is 1. The van der Waals surface area contributed by atoms with Crippen molar-refractivity contribution in [1.82, 2.24) is 15.1 Å². The Morgan fingerprint density at radius 3 is 2.61 bits per heavy atom. The van der Waals surface area contributed by atoms with Gasteiger partial charge in [0.2, 0.25) is 0 Å². The Labute approximate surface area is 111 Å². The normalized spacial score (nSPS) is 22.6. The summed E-state index contributed by atoms with van der Waals surface area (Å²) >= 11 is 0. The molecule has 0 amide bonds. The molecule has 1 aliphatic heterocycles. The molecule has 1 saturated heterocycles. The van der Waals surface area contributed by atoms with Crippen LogP contribution in [0, 0.1) is 0 Å². The van der Waals surface area contributed by atoms with Crippen LogP contribution in [0.4, 0.5) is 0 Å². The van der Waals surface area contributed by atoms with E-state index in [1.165, 1.54) is 25.1 Å². The third-order valence-corrected chi connectivity index (χ3v) is 3.97. The maximum atomic E-state index is 3.43. The lowest BCUT2D eigenvalue weighted by atomic mass is 10.1. The van der Waals surface area contributed by atoms with Crippen LogP contribution in [0.1, 0.15) is 18.0 Å². The van der Waals surface area contributed by atoms with Crippen molar-refractivity contribution in [2.75, 3.05) is 40.8 Å². The fourth-order valence-corrected chi connectivity index (χ4v) is 2.71. The van der Waals surface area contributed by atoms with E-state index in [4.69, 9.17) is 0 Å². The van der Waals surface area contributed by atoms with Gasteiger partial charge in [-0.05, 0) is 39.7 Å². The molecule has 1 N–H and O–H groups in total. The highest BCUT2D eigenvalue weighted by Crippen LogP contribution is 2.18.